The second-order valence-electron chi connectivity index (χ2n) is 4.84. The molecule has 19 heavy (non-hydrogen) atoms. The van der Waals surface area contributed by atoms with Crippen LogP contribution in [0.15, 0.2) is 6.07 Å². The Morgan fingerprint density at radius 1 is 1.21 bits per heavy atom. The van der Waals surface area contributed by atoms with Gasteiger partial charge in [-0.25, -0.2) is 0 Å². The molecule has 0 bridgehead atoms. The van der Waals surface area contributed by atoms with Crippen LogP contribution >= 0.6 is 0 Å². The Kier molecular flexibility index (Phi) is 4.17. The van der Waals surface area contributed by atoms with Crippen LogP contribution in [-0.4, -0.2) is 46.4 Å². The Bertz CT molecular complexity index is 462. The maximum Gasteiger partial charge on any atom is 0.165 e. The first-order valence-corrected chi connectivity index (χ1v) is 6.36. The standard InChI is InChI=1S/C14H22N2O3/c1-16-7-9(6-15)13-10(8-16)14(19-4)12(18-3)5-11(13)17-2/h5,9H,6-8,15H2,1-4H3. The van der Waals surface area contributed by atoms with Crippen LogP contribution in [0.3, 0.4) is 0 Å². The van der Waals surface area contributed by atoms with Gasteiger partial charge in [-0.1, -0.05) is 0 Å². The number of nitrogens with zero attached hydrogens (tertiary/aromatic N) is 1. The summed E-state index contributed by atoms with van der Waals surface area (Å²) in [7, 11) is 7.05. The van der Waals surface area contributed by atoms with E-state index in [0.717, 1.165) is 35.7 Å². The van der Waals surface area contributed by atoms with Gasteiger partial charge >= 0.3 is 0 Å². The van der Waals surface area contributed by atoms with Crippen molar-refractivity contribution in [2.75, 3.05) is 41.5 Å². The highest BCUT2D eigenvalue weighted by molar-refractivity contribution is 5.59. The van der Waals surface area contributed by atoms with E-state index in [1.54, 1.807) is 21.3 Å². The molecule has 0 radical (unpaired) electrons. The minimum atomic E-state index is 0.253. The number of likely N-dealkylation sites (N-methyl/N-ethyl adjacent to an activating group) is 1. The summed E-state index contributed by atoms with van der Waals surface area (Å²) >= 11 is 0. The zero-order valence-electron chi connectivity index (χ0n) is 12.0. The first-order chi connectivity index (χ1) is 9.15. The number of hydrogen-bond acceptors (Lipinski definition) is 5. The summed E-state index contributed by atoms with van der Waals surface area (Å²) in [6.07, 6.45) is 0. The van der Waals surface area contributed by atoms with Crippen LogP contribution in [0.25, 0.3) is 0 Å². The number of nitrogens with two attached hydrogens (primary N) is 1. The highest BCUT2D eigenvalue weighted by Crippen LogP contribution is 2.45. The number of rotatable bonds is 4. The van der Waals surface area contributed by atoms with Gasteiger partial charge in [-0.2, -0.15) is 0 Å². The number of hydrogen-bond donors (Lipinski definition) is 1. The van der Waals surface area contributed by atoms with Crippen molar-refractivity contribution in [1.82, 2.24) is 4.90 Å². The Morgan fingerprint density at radius 3 is 2.42 bits per heavy atom. The third kappa shape index (κ3) is 2.35. The third-order valence-corrected chi connectivity index (χ3v) is 3.65. The van der Waals surface area contributed by atoms with Gasteiger partial charge in [-0.15, -0.1) is 0 Å². The summed E-state index contributed by atoms with van der Waals surface area (Å²) in [5, 5.41) is 0. The molecular formula is C14H22N2O3. The van der Waals surface area contributed by atoms with Crippen LogP contribution in [0.2, 0.25) is 0 Å². The summed E-state index contributed by atoms with van der Waals surface area (Å²) < 4.78 is 16.4. The van der Waals surface area contributed by atoms with Gasteiger partial charge in [0.2, 0.25) is 0 Å². The zero-order valence-corrected chi connectivity index (χ0v) is 12.0. The topological polar surface area (TPSA) is 57.0 Å². The van der Waals surface area contributed by atoms with Crippen molar-refractivity contribution in [3.05, 3.63) is 17.2 Å². The predicted octanol–water partition coefficient (Wildman–Crippen LogP) is 1.20. The highest BCUT2D eigenvalue weighted by atomic mass is 16.5. The number of fused-ring (bicyclic) bond motifs is 1. The summed E-state index contributed by atoms with van der Waals surface area (Å²) in [6, 6.07) is 1.88. The van der Waals surface area contributed by atoms with E-state index in [1.807, 2.05) is 6.07 Å². The Morgan fingerprint density at radius 2 is 1.89 bits per heavy atom. The zero-order chi connectivity index (χ0) is 14.0. The van der Waals surface area contributed by atoms with E-state index in [4.69, 9.17) is 19.9 Å². The third-order valence-electron chi connectivity index (χ3n) is 3.65. The van der Waals surface area contributed by atoms with Crippen LogP contribution in [0.5, 0.6) is 17.2 Å². The molecule has 0 spiro atoms. The summed E-state index contributed by atoms with van der Waals surface area (Å²) in [5.74, 6) is 2.56. The lowest BCUT2D eigenvalue weighted by molar-refractivity contribution is 0.263. The van der Waals surface area contributed by atoms with Crippen LogP contribution in [-0.2, 0) is 6.54 Å². The molecule has 1 heterocycles. The maximum absolute atomic E-state index is 5.91. The quantitative estimate of drug-likeness (QED) is 0.887. The van der Waals surface area contributed by atoms with Gasteiger partial charge in [0, 0.05) is 42.7 Å². The molecule has 106 valence electrons. The normalized spacial score (nSPS) is 18.9. The fourth-order valence-electron chi connectivity index (χ4n) is 2.83. The van der Waals surface area contributed by atoms with Crippen molar-refractivity contribution in [3.63, 3.8) is 0 Å². The second-order valence-corrected chi connectivity index (χ2v) is 4.84. The lowest BCUT2D eigenvalue weighted by Gasteiger charge is -2.34. The molecule has 1 aliphatic heterocycles. The molecule has 0 saturated carbocycles. The first kappa shape index (κ1) is 14.0. The van der Waals surface area contributed by atoms with Crippen LogP contribution < -0.4 is 19.9 Å². The first-order valence-electron chi connectivity index (χ1n) is 6.36. The van der Waals surface area contributed by atoms with E-state index in [-0.39, 0.29) is 5.92 Å². The number of methoxy groups -OCH3 is 3. The average molecular weight is 266 g/mol. The van der Waals surface area contributed by atoms with E-state index >= 15 is 0 Å². The van der Waals surface area contributed by atoms with Crippen molar-refractivity contribution in [1.29, 1.82) is 0 Å². The smallest absolute Gasteiger partial charge is 0.165 e. The van der Waals surface area contributed by atoms with E-state index in [0.29, 0.717) is 12.3 Å². The van der Waals surface area contributed by atoms with Crippen LogP contribution in [0, 0.1) is 0 Å². The number of benzene rings is 1. The molecule has 2 N–H and O–H groups in total. The molecule has 0 fully saturated rings. The van der Waals surface area contributed by atoms with E-state index in [9.17, 15) is 0 Å². The van der Waals surface area contributed by atoms with Gasteiger partial charge in [0.1, 0.15) is 5.75 Å². The Balaban J connectivity index is 2.66. The van der Waals surface area contributed by atoms with Gasteiger partial charge < -0.3 is 24.8 Å². The summed E-state index contributed by atoms with van der Waals surface area (Å²) in [4.78, 5) is 2.24. The van der Waals surface area contributed by atoms with E-state index in [2.05, 4.69) is 11.9 Å². The molecule has 1 aromatic carbocycles. The van der Waals surface area contributed by atoms with Crippen molar-refractivity contribution in [2.24, 2.45) is 5.73 Å². The van der Waals surface area contributed by atoms with Crippen molar-refractivity contribution < 1.29 is 14.2 Å². The fraction of sp³-hybridized carbons (Fsp3) is 0.571. The monoisotopic (exact) mass is 266 g/mol. The predicted molar refractivity (Wildman–Crippen MR) is 74.2 cm³/mol. The fourth-order valence-corrected chi connectivity index (χ4v) is 2.83. The average Bonchev–Trinajstić information content (AvgIpc) is 2.44. The molecule has 1 unspecified atom stereocenters. The molecule has 1 aromatic rings. The molecule has 1 aliphatic rings. The lowest BCUT2D eigenvalue weighted by Crippen LogP contribution is -2.34. The Hall–Kier alpha value is -1.46. The second kappa shape index (κ2) is 5.67. The van der Waals surface area contributed by atoms with Gasteiger partial charge in [-0.05, 0) is 7.05 Å². The van der Waals surface area contributed by atoms with Crippen molar-refractivity contribution in [2.45, 2.75) is 12.5 Å². The molecule has 0 aromatic heterocycles. The van der Waals surface area contributed by atoms with E-state index in [1.165, 1.54) is 0 Å². The molecular weight excluding hydrogens is 244 g/mol. The largest absolute Gasteiger partial charge is 0.496 e. The van der Waals surface area contributed by atoms with E-state index < -0.39 is 0 Å². The van der Waals surface area contributed by atoms with Crippen molar-refractivity contribution in [3.8, 4) is 17.2 Å². The van der Waals surface area contributed by atoms with Gasteiger partial charge in [0.15, 0.2) is 11.5 Å². The molecule has 0 amide bonds. The van der Waals surface area contributed by atoms with Gasteiger partial charge in [-0.3, -0.25) is 0 Å². The number of ether oxygens (including phenoxy) is 3. The van der Waals surface area contributed by atoms with Crippen LogP contribution in [0.4, 0.5) is 0 Å². The van der Waals surface area contributed by atoms with Gasteiger partial charge in [0.05, 0.1) is 21.3 Å². The minimum Gasteiger partial charge on any atom is -0.496 e. The molecule has 1 atom stereocenters. The maximum atomic E-state index is 5.91. The molecule has 0 saturated heterocycles. The highest BCUT2D eigenvalue weighted by Gasteiger charge is 2.30. The SMILES string of the molecule is COc1cc(OC)c2c(c1OC)CN(C)CC2CN. The Labute approximate surface area is 114 Å². The van der Waals surface area contributed by atoms with Crippen molar-refractivity contribution >= 4 is 0 Å². The van der Waals surface area contributed by atoms with Gasteiger partial charge in [0.25, 0.3) is 0 Å². The minimum absolute atomic E-state index is 0.253. The molecule has 0 aliphatic carbocycles. The summed E-state index contributed by atoms with van der Waals surface area (Å²) in [5.41, 5.74) is 8.18. The molecule has 5 heteroatoms. The van der Waals surface area contributed by atoms with Crippen LogP contribution in [0.1, 0.15) is 17.0 Å². The summed E-state index contributed by atoms with van der Waals surface area (Å²) in [6.45, 7) is 2.32. The lowest BCUT2D eigenvalue weighted by atomic mass is 9.88. The molecule has 5 nitrogen and oxygen atoms in total. The molecule has 2 rings (SSSR count).